The lowest BCUT2D eigenvalue weighted by atomic mass is 10.1. The molecule has 0 aliphatic rings. The van der Waals surface area contributed by atoms with Gasteiger partial charge in [-0.2, -0.15) is 0 Å². The molecule has 3 nitrogen and oxygen atoms in total. The molecule has 0 bridgehead atoms. The van der Waals surface area contributed by atoms with E-state index in [2.05, 4.69) is 0 Å². The van der Waals surface area contributed by atoms with Gasteiger partial charge in [-0.15, -0.1) is 0 Å². The molecule has 0 aliphatic heterocycles. The van der Waals surface area contributed by atoms with Crippen LogP contribution >= 0.6 is 0 Å². The molecule has 1 rings (SSSR count). The summed E-state index contributed by atoms with van der Waals surface area (Å²) in [5.74, 6) is 0.309. The molecule has 0 radical (unpaired) electrons. The van der Waals surface area contributed by atoms with Gasteiger partial charge in [0.15, 0.2) is 0 Å². The van der Waals surface area contributed by atoms with Crippen molar-refractivity contribution in [2.24, 2.45) is 0 Å². The van der Waals surface area contributed by atoms with E-state index < -0.39 is 0 Å². The highest BCUT2D eigenvalue weighted by Crippen LogP contribution is 2.23. The Hall–Kier alpha value is -1.22. The van der Waals surface area contributed by atoms with E-state index in [1.54, 1.807) is 6.07 Å². The number of benzene rings is 1. The molecule has 0 fully saturated rings. The van der Waals surface area contributed by atoms with Crippen molar-refractivity contribution in [3.05, 3.63) is 23.8 Å². The van der Waals surface area contributed by atoms with E-state index in [1.165, 1.54) is 0 Å². The minimum Gasteiger partial charge on any atom is -0.508 e. The number of aliphatic hydroxyl groups excluding tert-OH is 1. The second kappa shape index (κ2) is 4.86. The van der Waals surface area contributed by atoms with Gasteiger partial charge in [-0.05, 0) is 36.6 Å². The Morgan fingerprint density at radius 1 is 1.29 bits per heavy atom. The van der Waals surface area contributed by atoms with Crippen LogP contribution in [0.3, 0.4) is 0 Å². The Bertz CT molecular complexity index is 297. The van der Waals surface area contributed by atoms with Gasteiger partial charge in [0.05, 0.1) is 0 Å². The molecular formula is C11H17NO2. The zero-order valence-electron chi connectivity index (χ0n) is 8.70. The number of aryl methyl sites for hydroxylation is 1. The summed E-state index contributed by atoms with van der Waals surface area (Å²) >= 11 is 0. The molecule has 1 aromatic rings. The van der Waals surface area contributed by atoms with Crippen molar-refractivity contribution in [1.29, 1.82) is 0 Å². The molecule has 0 saturated heterocycles. The SMILES string of the molecule is CN(C)c1ccc(O)c(CCCO)c1. The standard InChI is InChI=1S/C11H17NO2/c1-12(2)10-5-6-11(14)9(8-10)4-3-7-13/h5-6,8,13-14H,3-4,7H2,1-2H3. The third-order valence-corrected chi connectivity index (χ3v) is 2.18. The van der Waals surface area contributed by atoms with Crippen LogP contribution in [-0.2, 0) is 6.42 Å². The molecule has 0 heterocycles. The van der Waals surface area contributed by atoms with Crippen LogP contribution in [0.1, 0.15) is 12.0 Å². The molecule has 78 valence electrons. The fourth-order valence-corrected chi connectivity index (χ4v) is 1.32. The molecule has 1 aromatic carbocycles. The number of hydrogen-bond donors (Lipinski definition) is 2. The van der Waals surface area contributed by atoms with Crippen molar-refractivity contribution in [2.75, 3.05) is 25.6 Å². The topological polar surface area (TPSA) is 43.7 Å². The van der Waals surface area contributed by atoms with E-state index >= 15 is 0 Å². The predicted octanol–water partition coefficient (Wildman–Crippen LogP) is 1.38. The van der Waals surface area contributed by atoms with Crippen molar-refractivity contribution in [3.63, 3.8) is 0 Å². The second-order valence-electron chi connectivity index (χ2n) is 3.53. The quantitative estimate of drug-likeness (QED) is 0.763. The van der Waals surface area contributed by atoms with Gasteiger partial charge in [-0.25, -0.2) is 0 Å². The second-order valence-corrected chi connectivity index (χ2v) is 3.53. The van der Waals surface area contributed by atoms with Crippen molar-refractivity contribution in [3.8, 4) is 5.75 Å². The van der Waals surface area contributed by atoms with Crippen LogP contribution in [0.2, 0.25) is 0 Å². The largest absolute Gasteiger partial charge is 0.508 e. The summed E-state index contributed by atoms with van der Waals surface area (Å²) < 4.78 is 0. The maximum Gasteiger partial charge on any atom is 0.118 e. The molecule has 2 N–H and O–H groups in total. The number of phenols is 1. The molecule has 0 unspecified atom stereocenters. The third-order valence-electron chi connectivity index (χ3n) is 2.18. The van der Waals surface area contributed by atoms with E-state index in [0.717, 1.165) is 11.3 Å². The van der Waals surface area contributed by atoms with Crippen LogP contribution in [0.5, 0.6) is 5.75 Å². The van der Waals surface area contributed by atoms with Gasteiger partial charge in [-0.1, -0.05) is 0 Å². The lowest BCUT2D eigenvalue weighted by Crippen LogP contribution is -2.08. The number of hydrogen-bond acceptors (Lipinski definition) is 3. The highest BCUT2D eigenvalue weighted by Gasteiger charge is 2.03. The number of aliphatic hydroxyl groups is 1. The highest BCUT2D eigenvalue weighted by molar-refractivity contribution is 5.51. The number of aromatic hydroxyl groups is 1. The number of rotatable bonds is 4. The maximum atomic E-state index is 9.54. The van der Waals surface area contributed by atoms with Crippen LogP contribution < -0.4 is 4.90 Å². The molecule has 0 atom stereocenters. The minimum atomic E-state index is 0.158. The Balaban J connectivity index is 2.85. The van der Waals surface area contributed by atoms with Crippen LogP contribution in [0.25, 0.3) is 0 Å². The predicted molar refractivity (Wildman–Crippen MR) is 57.8 cm³/mol. The Morgan fingerprint density at radius 2 is 2.00 bits per heavy atom. The fourth-order valence-electron chi connectivity index (χ4n) is 1.32. The van der Waals surface area contributed by atoms with Gasteiger partial charge in [0.2, 0.25) is 0 Å². The van der Waals surface area contributed by atoms with Gasteiger partial charge < -0.3 is 15.1 Å². The monoisotopic (exact) mass is 195 g/mol. The zero-order valence-corrected chi connectivity index (χ0v) is 8.70. The summed E-state index contributed by atoms with van der Waals surface area (Å²) in [6.45, 7) is 0.158. The molecule has 14 heavy (non-hydrogen) atoms. The van der Waals surface area contributed by atoms with Gasteiger partial charge in [0.25, 0.3) is 0 Å². The first-order chi connectivity index (χ1) is 6.65. The van der Waals surface area contributed by atoms with Crippen LogP contribution in [-0.4, -0.2) is 30.9 Å². The Morgan fingerprint density at radius 3 is 2.57 bits per heavy atom. The number of nitrogens with zero attached hydrogens (tertiary/aromatic N) is 1. The van der Waals surface area contributed by atoms with E-state index in [1.807, 2.05) is 31.1 Å². The van der Waals surface area contributed by atoms with Crippen molar-refractivity contribution < 1.29 is 10.2 Å². The first-order valence-electron chi connectivity index (χ1n) is 4.75. The highest BCUT2D eigenvalue weighted by atomic mass is 16.3. The summed E-state index contributed by atoms with van der Waals surface area (Å²) in [5.41, 5.74) is 1.96. The first kappa shape index (κ1) is 10.9. The van der Waals surface area contributed by atoms with Gasteiger partial charge in [0, 0.05) is 26.4 Å². The summed E-state index contributed by atoms with van der Waals surface area (Å²) in [7, 11) is 3.92. The maximum absolute atomic E-state index is 9.54. The van der Waals surface area contributed by atoms with Crippen molar-refractivity contribution >= 4 is 5.69 Å². The Labute approximate surface area is 84.6 Å². The third kappa shape index (κ3) is 2.64. The Kier molecular flexibility index (Phi) is 3.77. The van der Waals surface area contributed by atoms with Crippen LogP contribution in [0.4, 0.5) is 5.69 Å². The summed E-state index contributed by atoms with van der Waals surface area (Å²) in [4.78, 5) is 1.99. The van der Waals surface area contributed by atoms with E-state index in [0.29, 0.717) is 18.6 Å². The first-order valence-corrected chi connectivity index (χ1v) is 4.75. The summed E-state index contributed by atoms with van der Waals surface area (Å²) in [6, 6.07) is 5.52. The van der Waals surface area contributed by atoms with E-state index in [-0.39, 0.29) is 6.61 Å². The molecular weight excluding hydrogens is 178 g/mol. The number of anilines is 1. The van der Waals surface area contributed by atoms with Gasteiger partial charge >= 0.3 is 0 Å². The molecule has 0 amide bonds. The molecule has 0 aliphatic carbocycles. The fraction of sp³-hybridized carbons (Fsp3) is 0.455. The molecule has 0 spiro atoms. The summed E-state index contributed by atoms with van der Waals surface area (Å²) in [5, 5.41) is 18.2. The van der Waals surface area contributed by atoms with Gasteiger partial charge in [-0.3, -0.25) is 0 Å². The van der Waals surface area contributed by atoms with Crippen molar-refractivity contribution in [1.82, 2.24) is 0 Å². The van der Waals surface area contributed by atoms with E-state index in [4.69, 9.17) is 5.11 Å². The van der Waals surface area contributed by atoms with E-state index in [9.17, 15) is 5.11 Å². The number of phenolic OH excluding ortho intramolecular Hbond substituents is 1. The van der Waals surface area contributed by atoms with Crippen LogP contribution in [0, 0.1) is 0 Å². The van der Waals surface area contributed by atoms with Crippen molar-refractivity contribution in [2.45, 2.75) is 12.8 Å². The smallest absolute Gasteiger partial charge is 0.118 e. The van der Waals surface area contributed by atoms with Crippen LogP contribution in [0.15, 0.2) is 18.2 Å². The minimum absolute atomic E-state index is 0.158. The average molecular weight is 195 g/mol. The molecule has 0 saturated carbocycles. The zero-order chi connectivity index (χ0) is 10.6. The normalized spacial score (nSPS) is 10.2. The summed E-state index contributed by atoms with van der Waals surface area (Å²) in [6.07, 6.45) is 1.40. The average Bonchev–Trinajstić information content (AvgIpc) is 2.16. The van der Waals surface area contributed by atoms with Gasteiger partial charge in [0.1, 0.15) is 5.75 Å². The molecule has 0 aromatic heterocycles. The lowest BCUT2D eigenvalue weighted by Gasteiger charge is -2.14. The lowest BCUT2D eigenvalue weighted by molar-refractivity contribution is 0.288. The molecule has 3 heteroatoms.